The van der Waals surface area contributed by atoms with Gasteiger partial charge < -0.3 is 9.14 Å². The molecule has 1 saturated heterocycles. The summed E-state index contributed by atoms with van der Waals surface area (Å²) >= 11 is 6.13. The normalized spacial score (nSPS) is 14.7. The number of pyridine rings is 1. The lowest BCUT2D eigenvalue weighted by atomic mass is 9.99. The van der Waals surface area contributed by atoms with Crippen LogP contribution in [0.5, 0.6) is 0 Å². The Labute approximate surface area is 192 Å². The maximum atomic E-state index is 12.2. The SMILES string of the molecule is CC(=O)c1ccccc1-c1ccc2nc(-c3ccc(Cl)cc3)c(CN3CCOCC3)n2c1. The number of halogens is 1. The number of hydrogen-bond donors (Lipinski definition) is 0. The van der Waals surface area contributed by atoms with Crippen molar-refractivity contribution in [3.63, 3.8) is 0 Å². The van der Waals surface area contributed by atoms with Crippen LogP contribution in [0.25, 0.3) is 28.0 Å². The smallest absolute Gasteiger partial charge is 0.160 e. The number of Topliss-reactive ketones (excluding diaryl/α,β-unsaturated/α-hetero) is 1. The maximum absolute atomic E-state index is 12.2. The summed E-state index contributed by atoms with van der Waals surface area (Å²) in [4.78, 5) is 19.6. The molecule has 0 bridgehead atoms. The molecule has 3 heterocycles. The van der Waals surface area contributed by atoms with Gasteiger partial charge in [0.15, 0.2) is 5.78 Å². The average molecular weight is 446 g/mol. The first-order valence-electron chi connectivity index (χ1n) is 10.8. The Morgan fingerprint density at radius 1 is 1.00 bits per heavy atom. The highest BCUT2D eigenvalue weighted by Gasteiger charge is 2.20. The van der Waals surface area contributed by atoms with Gasteiger partial charge in [0.2, 0.25) is 0 Å². The summed E-state index contributed by atoms with van der Waals surface area (Å²) in [5, 5.41) is 0.704. The molecule has 4 aromatic rings. The topological polar surface area (TPSA) is 46.8 Å². The summed E-state index contributed by atoms with van der Waals surface area (Å²) in [6.07, 6.45) is 2.10. The van der Waals surface area contributed by atoms with Crippen molar-refractivity contribution in [3.05, 3.63) is 83.1 Å². The number of carbonyl (C=O) groups is 1. The third kappa shape index (κ3) is 4.07. The monoisotopic (exact) mass is 445 g/mol. The average Bonchev–Trinajstić information content (AvgIpc) is 3.17. The molecule has 0 saturated carbocycles. The highest BCUT2D eigenvalue weighted by Crippen LogP contribution is 2.30. The summed E-state index contributed by atoms with van der Waals surface area (Å²) in [6, 6.07) is 19.6. The van der Waals surface area contributed by atoms with Crippen LogP contribution in [0.4, 0.5) is 0 Å². The van der Waals surface area contributed by atoms with E-state index in [1.165, 1.54) is 0 Å². The van der Waals surface area contributed by atoms with Gasteiger partial charge in [-0.05, 0) is 42.3 Å². The van der Waals surface area contributed by atoms with Crippen LogP contribution in [0.15, 0.2) is 66.9 Å². The Morgan fingerprint density at radius 2 is 1.72 bits per heavy atom. The molecule has 6 heteroatoms. The van der Waals surface area contributed by atoms with Crippen molar-refractivity contribution < 1.29 is 9.53 Å². The summed E-state index contributed by atoms with van der Waals surface area (Å²) in [6.45, 7) is 5.63. The lowest BCUT2D eigenvalue weighted by Gasteiger charge is -2.26. The Morgan fingerprint density at radius 3 is 2.47 bits per heavy atom. The van der Waals surface area contributed by atoms with Crippen LogP contribution in [0.3, 0.4) is 0 Å². The van der Waals surface area contributed by atoms with Crippen molar-refractivity contribution >= 4 is 23.0 Å². The molecule has 1 aliphatic heterocycles. The van der Waals surface area contributed by atoms with E-state index in [9.17, 15) is 4.79 Å². The lowest BCUT2D eigenvalue weighted by Crippen LogP contribution is -2.36. The number of carbonyl (C=O) groups excluding carboxylic acids is 1. The molecule has 2 aromatic heterocycles. The number of ether oxygens (including phenoxy) is 1. The van der Waals surface area contributed by atoms with Crippen LogP contribution in [-0.4, -0.2) is 46.4 Å². The number of hydrogen-bond acceptors (Lipinski definition) is 4. The van der Waals surface area contributed by atoms with Gasteiger partial charge in [-0.15, -0.1) is 0 Å². The van der Waals surface area contributed by atoms with Crippen molar-refractivity contribution in [1.82, 2.24) is 14.3 Å². The van der Waals surface area contributed by atoms with E-state index in [0.29, 0.717) is 5.02 Å². The van der Waals surface area contributed by atoms with Crippen LogP contribution < -0.4 is 0 Å². The molecule has 162 valence electrons. The summed E-state index contributed by atoms with van der Waals surface area (Å²) in [7, 11) is 0. The van der Waals surface area contributed by atoms with Crippen LogP contribution in [0.1, 0.15) is 23.0 Å². The second-order valence-electron chi connectivity index (χ2n) is 8.05. The molecule has 5 rings (SSSR count). The largest absolute Gasteiger partial charge is 0.379 e. The summed E-state index contributed by atoms with van der Waals surface area (Å²) in [5.41, 5.74) is 6.62. The van der Waals surface area contributed by atoms with E-state index in [0.717, 1.165) is 72.1 Å². The van der Waals surface area contributed by atoms with E-state index in [-0.39, 0.29) is 5.78 Å². The fourth-order valence-electron chi connectivity index (χ4n) is 4.26. The van der Waals surface area contributed by atoms with E-state index < -0.39 is 0 Å². The lowest BCUT2D eigenvalue weighted by molar-refractivity contribution is 0.0336. The zero-order valence-corrected chi connectivity index (χ0v) is 18.7. The molecular weight excluding hydrogens is 422 g/mol. The highest BCUT2D eigenvalue weighted by atomic mass is 35.5. The van der Waals surface area contributed by atoms with E-state index >= 15 is 0 Å². The first kappa shape index (κ1) is 20.9. The minimum Gasteiger partial charge on any atom is -0.379 e. The number of rotatable bonds is 5. The van der Waals surface area contributed by atoms with Gasteiger partial charge in [0.1, 0.15) is 5.65 Å². The molecule has 1 aliphatic rings. The molecule has 0 amide bonds. The van der Waals surface area contributed by atoms with E-state index in [4.69, 9.17) is 21.3 Å². The number of ketones is 1. The van der Waals surface area contributed by atoms with Crippen LogP contribution >= 0.6 is 11.6 Å². The number of aromatic nitrogens is 2. The fourth-order valence-corrected chi connectivity index (χ4v) is 4.38. The molecule has 0 aliphatic carbocycles. The zero-order chi connectivity index (χ0) is 22.1. The predicted molar refractivity (Wildman–Crippen MR) is 127 cm³/mol. The molecule has 5 nitrogen and oxygen atoms in total. The first-order valence-corrected chi connectivity index (χ1v) is 11.2. The molecule has 1 fully saturated rings. The molecule has 2 aromatic carbocycles. The van der Waals surface area contributed by atoms with E-state index in [1.807, 2.05) is 60.7 Å². The molecule has 0 unspecified atom stereocenters. The summed E-state index contributed by atoms with van der Waals surface area (Å²) in [5.74, 6) is 0.0571. The van der Waals surface area contributed by atoms with Crippen LogP contribution in [-0.2, 0) is 11.3 Å². The predicted octanol–water partition coefficient (Wildman–Crippen LogP) is 5.36. The van der Waals surface area contributed by atoms with Gasteiger partial charge >= 0.3 is 0 Å². The third-order valence-corrected chi connectivity index (χ3v) is 6.18. The van der Waals surface area contributed by atoms with Gasteiger partial charge in [-0.2, -0.15) is 0 Å². The van der Waals surface area contributed by atoms with Crippen molar-refractivity contribution in [2.75, 3.05) is 26.3 Å². The van der Waals surface area contributed by atoms with Gasteiger partial charge in [-0.25, -0.2) is 4.98 Å². The molecule has 0 atom stereocenters. The molecular formula is C26H24ClN3O2. The quantitative estimate of drug-likeness (QED) is 0.388. The first-order chi connectivity index (χ1) is 15.6. The minimum absolute atomic E-state index is 0.0571. The maximum Gasteiger partial charge on any atom is 0.160 e. The van der Waals surface area contributed by atoms with Crippen molar-refractivity contribution in [2.45, 2.75) is 13.5 Å². The van der Waals surface area contributed by atoms with Gasteiger partial charge in [0.25, 0.3) is 0 Å². The number of benzene rings is 2. The summed E-state index contributed by atoms with van der Waals surface area (Å²) < 4.78 is 7.69. The Bertz CT molecular complexity index is 1270. The number of fused-ring (bicyclic) bond motifs is 1. The van der Waals surface area contributed by atoms with Crippen molar-refractivity contribution in [2.24, 2.45) is 0 Å². The molecule has 32 heavy (non-hydrogen) atoms. The van der Waals surface area contributed by atoms with E-state index in [1.54, 1.807) is 6.92 Å². The van der Waals surface area contributed by atoms with Gasteiger partial charge in [-0.1, -0.05) is 48.0 Å². The molecule has 0 spiro atoms. The Hall–Kier alpha value is -2.99. The standard InChI is InChI=1S/C26H24ClN3O2/c1-18(31)22-4-2-3-5-23(22)20-8-11-25-28-26(19-6-9-21(27)10-7-19)24(30(25)16-20)17-29-12-14-32-15-13-29/h2-11,16H,12-15,17H2,1H3. The van der Waals surface area contributed by atoms with Crippen molar-refractivity contribution in [1.29, 1.82) is 0 Å². The second-order valence-corrected chi connectivity index (χ2v) is 8.49. The third-order valence-electron chi connectivity index (χ3n) is 5.93. The second kappa shape index (κ2) is 8.87. The number of imidazole rings is 1. The minimum atomic E-state index is 0.0571. The van der Waals surface area contributed by atoms with Gasteiger partial charge in [0, 0.05) is 42.0 Å². The van der Waals surface area contributed by atoms with Crippen LogP contribution in [0.2, 0.25) is 5.02 Å². The zero-order valence-electron chi connectivity index (χ0n) is 17.9. The van der Waals surface area contributed by atoms with E-state index in [2.05, 4.69) is 15.5 Å². The molecule has 0 radical (unpaired) electrons. The van der Waals surface area contributed by atoms with Gasteiger partial charge in [-0.3, -0.25) is 9.69 Å². The van der Waals surface area contributed by atoms with Crippen molar-refractivity contribution in [3.8, 4) is 22.4 Å². The Kier molecular flexibility index (Phi) is 5.79. The Balaban J connectivity index is 1.66. The number of morpholine rings is 1. The molecule has 0 N–H and O–H groups in total. The van der Waals surface area contributed by atoms with Gasteiger partial charge in [0.05, 0.1) is 24.6 Å². The van der Waals surface area contributed by atoms with Crippen LogP contribution in [0, 0.1) is 0 Å². The number of nitrogens with zero attached hydrogens (tertiary/aromatic N) is 3. The highest BCUT2D eigenvalue weighted by molar-refractivity contribution is 6.30. The fraction of sp³-hybridized carbons (Fsp3) is 0.231.